The number of amidine groups is 1. The minimum Gasteiger partial charge on any atom is -0.304 e. The number of thioether (sulfide) groups is 1. The second-order valence-electron chi connectivity index (χ2n) is 3.77. The molecule has 1 unspecified atom stereocenters. The number of aliphatic imine (C=N–C) groups is 1. The predicted molar refractivity (Wildman–Crippen MR) is 68.7 cm³/mol. The highest BCUT2D eigenvalue weighted by Crippen LogP contribution is 2.22. The second kappa shape index (κ2) is 4.71. The van der Waals surface area contributed by atoms with E-state index in [1.54, 1.807) is 24.3 Å². The summed E-state index contributed by atoms with van der Waals surface area (Å²) in [4.78, 5) is 26.6. The van der Waals surface area contributed by atoms with Crippen LogP contribution in [0.1, 0.15) is 24.2 Å². The van der Waals surface area contributed by atoms with E-state index in [1.165, 1.54) is 18.7 Å². The highest BCUT2D eigenvalue weighted by Gasteiger charge is 2.25. The molecule has 0 saturated carbocycles. The zero-order valence-electron chi connectivity index (χ0n) is 9.56. The quantitative estimate of drug-likeness (QED) is 0.816. The summed E-state index contributed by atoms with van der Waals surface area (Å²) < 4.78 is 0. The number of nitrogens with zero attached hydrogens (tertiary/aromatic N) is 1. The molecule has 2 rings (SSSR count). The SMILES string of the molecule is CC(=O)c1ccc(N=C2NC(=O)C(C)S2)cc1. The molecule has 4 nitrogen and oxygen atoms in total. The van der Waals surface area contributed by atoms with Crippen LogP contribution in [0.3, 0.4) is 0 Å². The van der Waals surface area contributed by atoms with Gasteiger partial charge in [-0.05, 0) is 38.1 Å². The van der Waals surface area contributed by atoms with Crippen molar-refractivity contribution in [1.82, 2.24) is 5.32 Å². The molecule has 1 saturated heterocycles. The summed E-state index contributed by atoms with van der Waals surface area (Å²) >= 11 is 1.40. The third-order valence-electron chi connectivity index (χ3n) is 2.39. The van der Waals surface area contributed by atoms with E-state index >= 15 is 0 Å². The molecule has 0 spiro atoms. The van der Waals surface area contributed by atoms with Crippen molar-refractivity contribution in [2.45, 2.75) is 19.1 Å². The van der Waals surface area contributed by atoms with Crippen molar-refractivity contribution in [1.29, 1.82) is 0 Å². The molecular weight excluding hydrogens is 236 g/mol. The molecule has 0 aliphatic carbocycles. The van der Waals surface area contributed by atoms with E-state index in [4.69, 9.17) is 0 Å². The lowest BCUT2D eigenvalue weighted by Crippen LogP contribution is -2.23. The molecule has 1 heterocycles. The van der Waals surface area contributed by atoms with Gasteiger partial charge in [0, 0.05) is 5.56 Å². The number of carbonyl (C=O) groups excluding carboxylic acids is 2. The molecule has 5 heteroatoms. The summed E-state index contributed by atoms with van der Waals surface area (Å²) in [5.74, 6) is 0.00970. The summed E-state index contributed by atoms with van der Waals surface area (Å²) in [5.41, 5.74) is 1.39. The summed E-state index contributed by atoms with van der Waals surface area (Å²) in [7, 11) is 0. The summed E-state index contributed by atoms with van der Waals surface area (Å²) in [6.45, 7) is 3.36. The normalized spacial score (nSPS) is 21.6. The third-order valence-corrected chi connectivity index (χ3v) is 3.38. The molecule has 1 amide bonds. The Morgan fingerprint density at radius 1 is 1.35 bits per heavy atom. The molecule has 0 radical (unpaired) electrons. The van der Waals surface area contributed by atoms with Gasteiger partial charge in [-0.1, -0.05) is 11.8 Å². The first-order chi connectivity index (χ1) is 8.06. The van der Waals surface area contributed by atoms with Crippen molar-refractivity contribution in [3.63, 3.8) is 0 Å². The van der Waals surface area contributed by atoms with Crippen molar-refractivity contribution in [2.75, 3.05) is 0 Å². The first kappa shape index (κ1) is 11.9. The summed E-state index contributed by atoms with van der Waals surface area (Å²) in [6, 6.07) is 6.98. The Balaban J connectivity index is 2.17. The van der Waals surface area contributed by atoms with Gasteiger partial charge in [0.05, 0.1) is 10.9 Å². The molecule has 1 aromatic rings. The Morgan fingerprint density at radius 2 is 2.00 bits per heavy atom. The standard InChI is InChI=1S/C12H12N2O2S/c1-7(15)9-3-5-10(6-4-9)13-12-14-11(16)8(2)17-12/h3-6,8H,1-2H3,(H,13,14,16). The van der Waals surface area contributed by atoms with Crippen LogP contribution in [0.25, 0.3) is 0 Å². The Hall–Kier alpha value is -1.62. The predicted octanol–water partition coefficient (Wildman–Crippen LogP) is 2.13. The van der Waals surface area contributed by atoms with E-state index in [1.807, 2.05) is 6.92 Å². The highest BCUT2D eigenvalue weighted by molar-refractivity contribution is 8.15. The number of Topliss-reactive ketones (excluding diaryl/α,β-unsaturated/α-hetero) is 1. The van der Waals surface area contributed by atoms with E-state index in [0.29, 0.717) is 10.7 Å². The zero-order valence-corrected chi connectivity index (χ0v) is 10.4. The van der Waals surface area contributed by atoms with Gasteiger partial charge in [0.15, 0.2) is 11.0 Å². The maximum atomic E-state index is 11.3. The number of nitrogens with one attached hydrogen (secondary N) is 1. The fraction of sp³-hybridized carbons (Fsp3) is 0.250. The number of carbonyl (C=O) groups is 2. The van der Waals surface area contributed by atoms with Crippen LogP contribution in [0.5, 0.6) is 0 Å². The average Bonchev–Trinajstić information content (AvgIpc) is 2.58. The lowest BCUT2D eigenvalue weighted by atomic mass is 10.1. The zero-order chi connectivity index (χ0) is 12.4. The highest BCUT2D eigenvalue weighted by atomic mass is 32.2. The average molecular weight is 248 g/mol. The molecule has 88 valence electrons. The van der Waals surface area contributed by atoms with Crippen LogP contribution in [0.15, 0.2) is 29.3 Å². The Bertz CT molecular complexity index is 494. The molecule has 1 aromatic carbocycles. The van der Waals surface area contributed by atoms with Crippen molar-refractivity contribution in [2.24, 2.45) is 4.99 Å². The van der Waals surface area contributed by atoms with Crippen molar-refractivity contribution in [3.05, 3.63) is 29.8 Å². The van der Waals surface area contributed by atoms with Gasteiger partial charge in [-0.25, -0.2) is 4.99 Å². The Kier molecular flexibility index (Phi) is 3.28. The molecule has 1 aliphatic rings. The fourth-order valence-corrected chi connectivity index (χ4v) is 2.22. The smallest absolute Gasteiger partial charge is 0.239 e. The lowest BCUT2D eigenvalue weighted by molar-refractivity contribution is -0.118. The van der Waals surface area contributed by atoms with Crippen LogP contribution in [-0.2, 0) is 4.79 Å². The van der Waals surface area contributed by atoms with E-state index < -0.39 is 0 Å². The van der Waals surface area contributed by atoms with Crippen LogP contribution in [-0.4, -0.2) is 22.1 Å². The fourth-order valence-electron chi connectivity index (χ4n) is 1.40. The first-order valence-corrected chi connectivity index (χ1v) is 6.11. The minimum atomic E-state index is -0.0924. The second-order valence-corrected chi connectivity index (χ2v) is 5.10. The third kappa shape index (κ3) is 2.74. The number of hydrogen-bond donors (Lipinski definition) is 1. The number of hydrogen-bond acceptors (Lipinski definition) is 4. The van der Waals surface area contributed by atoms with E-state index in [0.717, 1.165) is 5.69 Å². The molecule has 1 atom stereocenters. The Morgan fingerprint density at radius 3 is 2.47 bits per heavy atom. The van der Waals surface area contributed by atoms with Crippen LogP contribution >= 0.6 is 11.8 Å². The molecule has 1 aliphatic heterocycles. The maximum absolute atomic E-state index is 11.3. The van der Waals surface area contributed by atoms with Crippen molar-refractivity contribution < 1.29 is 9.59 Å². The van der Waals surface area contributed by atoms with Gasteiger partial charge in [0.2, 0.25) is 5.91 Å². The van der Waals surface area contributed by atoms with Gasteiger partial charge in [-0.15, -0.1) is 0 Å². The number of benzene rings is 1. The van der Waals surface area contributed by atoms with Crippen molar-refractivity contribution in [3.8, 4) is 0 Å². The maximum Gasteiger partial charge on any atom is 0.239 e. The molecule has 17 heavy (non-hydrogen) atoms. The summed E-state index contributed by atoms with van der Waals surface area (Å²) in [5, 5.41) is 3.21. The molecule has 0 bridgehead atoms. The topological polar surface area (TPSA) is 58.5 Å². The molecular formula is C12H12N2O2S. The van der Waals surface area contributed by atoms with Crippen LogP contribution < -0.4 is 5.32 Å². The van der Waals surface area contributed by atoms with Gasteiger partial charge in [-0.2, -0.15) is 0 Å². The van der Waals surface area contributed by atoms with E-state index in [-0.39, 0.29) is 16.9 Å². The van der Waals surface area contributed by atoms with Gasteiger partial charge in [-0.3, -0.25) is 9.59 Å². The molecule has 1 N–H and O–H groups in total. The first-order valence-electron chi connectivity index (χ1n) is 5.23. The van der Waals surface area contributed by atoms with Gasteiger partial charge < -0.3 is 5.32 Å². The number of amides is 1. The number of rotatable bonds is 2. The van der Waals surface area contributed by atoms with Crippen molar-refractivity contribution >= 4 is 34.3 Å². The lowest BCUT2D eigenvalue weighted by Gasteiger charge is -1.98. The minimum absolute atomic E-state index is 0.0193. The Labute approximate surface area is 104 Å². The summed E-state index contributed by atoms with van der Waals surface area (Å²) in [6.07, 6.45) is 0. The van der Waals surface area contributed by atoms with E-state index in [9.17, 15) is 9.59 Å². The molecule has 0 aromatic heterocycles. The largest absolute Gasteiger partial charge is 0.304 e. The van der Waals surface area contributed by atoms with Gasteiger partial charge >= 0.3 is 0 Å². The van der Waals surface area contributed by atoms with Crippen LogP contribution in [0.4, 0.5) is 5.69 Å². The number of ketones is 1. The van der Waals surface area contributed by atoms with Gasteiger partial charge in [0.25, 0.3) is 0 Å². The van der Waals surface area contributed by atoms with Gasteiger partial charge in [0.1, 0.15) is 0 Å². The molecule has 1 fully saturated rings. The van der Waals surface area contributed by atoms with E-state index in [2.05, 4.69) is 10.3 Å². The van der Waals surface area contributed by atoms with Crippen LogP contribution in [0, 0.1) is 0 Å². The van der Waals surface area contributed by atoms with Crippen LogP contribution in [0.2, 0.25) is 0 Å². The monoisotopic (exact) mass is 248 g/mol.